The number of rotatable bonds is 4. The van der Waals surface area contributed by atoms with Gasteiger partial charge in [-0.25, -0.2) is 9.23 Å². The minimum Gasteiger partial charge on any atom is -0.249 e. The topological polar surface area (TPSA) is 23.3 Å². The van der Waals surface area contributed by atoms with Gasteiger partial charge in [0.15, 0.2) is 0 Å². The summed E-state index contributed by atoms with van der Waals surface area (Å²) in [4.78, 5) is 4.62. The summed E-state index contributed by atoms with van der Waals surface area (Å²) in [6, 6.07) is 9.15. The normalized spacial score (nSPS) is 9.55. The van der Waals surface area contributed by atoms with E-state index in [0.717, 1.165) is 0 Å². The van der Waals surface area contributed by atoms with Crippen molar-refractivity contribution >= 4 is 5.69 Å². The van der Waals surface area contributed by atoms with Crippen LogP contribution in [0.1, 0.15) is 0 Å². The van der Waals surface area contributed by atoms with Crippen molar-refractivity contribution in [3.8, 4) is 0 Å². The van der Waals surface area contributed by atoms with E-state index >= 15 is 0 Å². The molecule has 2 nitrogen and oxygen atoms in total. The number of hydrogen-bond donors (Lipinski definition) is 0. The Morgan fingerprint density at radius 1 is 1.27 bits per heavy atom. The Morgan fingerprint density at radius 2 is 2.00 bits per heavy atom. The molecule has 0 aliphatic heterocycles. The van der Waals surface area contributed by atoms with Crippen LogP contribution in [0, 0.1) is 0 Å². The van der Waals surface area contributed by atoms with Gasteiger partial charge >= 0.3 is 0 Å². The van der Waals surface area contributed by atoms with E-state index in [2.05, 4.69) is 10.3 Å². The first-order valence-corrected chi connectivity index (χ1v) is 3.37. The fraction of sp³-hybridized carbons (Fsp3) is 0.250. The first-order chi connectivity index (χ1) is 5.43. The van der Waals surface area contributed by atoms with Crippen LogP contribution in [-0.4, -0.2) is 13.3 Å². The second-order valence-electron chi connectivity index (χ2n) is 1.95. The number of benzene rings is 1. The molecule has 0 atom stereocenters. The molecule has 1 radical (unpaired) electrons. The second kappa shape index (κ2) is 4.68. The van der Waals surface area contributed by atoms with Gasteiger partial charge in [0.2, 0.25) is 0 Å². The van der Waals surface area contributed by atoms with Gasteiger partial charge in [0.25, 0.3) is 0 Å². The average Bonchev–Trinajstić information content (AvgIpc) is 2.07. The molecule has 11 heavy (non-hydrogen) atoms. The third kappa shape index (κ3) is 3.00. The minimum atomic E-state index is -0.504. The van der Waals surface area contributed by atoms with Crippen molar-refractivity contribution in [2.75, 3.05) is 13.3 Å². The van der Waals surface area contributed by atoms with Crippen LogP contribution < -0.4 is 5.48 Å². The van der Waals surface area contributed by atoms with E-state index in [1.807, 2.05) is 18.2 Å². The van der Waals surface area contributed by atoms with Gasteiger partial charge in [-0.1, -0.05) is 18.2 Å². The average molecular weight is 154 g/mol. The quantitative estimate of drug-likeness (QED) is 0.479. The molecule has 0 aromatic heterocycles. The smallest absolute Gasteiger partial charge is 0.115 e. The molecular formula is C8H9FNO. The molecule has 0 saturated heterocycles. The van der Waals surface area contributed by atoms with Gasteiger partial charge in [-0.2, -0.15) is 0 Å². The van der Waals surface area contributed by atoms with Gasteiger partial charge in [-0.3, -0.25) is 0 Å². The Labute approximate surface area is 64.9 Å². The second-order valence-corrected chi connectivity index (χ2v) is 1.95. The summed E-state index contributed by atoms with van der Waals surface area (Å²) < 4.78 is 11.5. The molecule has 0 spiro atoms. The summed E-state index contributed by atoms with van der Waals surface area (Å²) >= 11 is 0. The van der Waals surface area contributed by atoms with E-state index in [0.29, 0.717) is 5.69 Å². The zero-order valence-corrected chi connectivity index (χ0v) is 6.03. The van der Waals surface area contributed by atoms with Crippen molar-refractivity contribution in [2.24, 2.45) is 0 Å². The van der Waals surface area contributed by atoms with Crippen molar-refractivity contribution in [2.45, 2.75) is 0 Å². The van der Waals surface area contributed by atoms with Crippen LogP contribution in [0.2, 0.25) is 0 Å². The molecule has 0 heterocycles. The lowest BCUT2D eigenvalue weighted by atomic mass is 10.3. The molecule has 0 N–H and O–H groups in total. The van der Waals surface area contributed by atoms with Crippen molar-refractivity contribution in [1.82, 2.24) is 5.48 Å². The van der Waals surface area contributed by atoms with Gasteiger partial charge in [0.1, 0.15) is 13.3 Å². The summed E-state index contributed by atoms with van der Waals surface area (Å²) in [6.07, 6.45) is 0. The van der Waals surface area contributed by atoms with E-state index < -0.39 is 6.67 Å². The van der Waals surface area contributed by atoms with E-state index in [9.17, 15) is 4.39 Å². The van der Waals surface area contributed by atoms with Crippen LogP contribution in [0.3, 0.4) is 0 Å². The summed E-state index contributed by atoms with van der Waals surface area (Å²) in [7, 11) is 0. The Balaban J connectivity index is 2.28. The molecule has 59 valence electrons. The molecule has 1 aromatic carbocycles. The van der Waals surface area contributed by atoms with E-state index in [1.54, 1.807) is 12.1 Å². The lowest BCUT2D eigenvalue weighted by molar-refractivity contribution is 0.0579. The fourth-order valence-electron chi connectivity index (χ4n) is 0.644. The lowest BCUT2D eigenvalue weighted by Gasteiger charge is -1.98. The maximum atomic E-state index is 11.5. The van der Waals surface area contributed by atoms with E-state index in [1.165, 1.54) is 0 Å². The molecule has 1 rings (SSSR count). The Hall–Kier alpha value is -1.09. The SMILES string of the molecule is FCCO[N]c1ccccc1. The Kier molecular flexibility index (Phi) is 3.41. The zero-order valence-electron chi connectivity index (χ0n) is 6.03. The first kappa shape index (κ1) is 8.01. The summed E-state index contributed by atoms with van der Waals surface area (Å²) in [6.45, 7) is -0.481. The zero-order chi connectivity index (χ0) is 7.94. The highest BCUT2D eigenvalue weighted by Crippen LogP contribution is 2.04. The number of nitrogens with zero attached hydrogens (tertiary/aromatic N) is 1. The molecule has 0 amide bonds. The van der Waals surface area contributed by atoms with E-state index in [-0.39, 0.29) is 6.61 Å². The predicted octanol–water partition coefficient (Wildman–Crippen LogP) is 1.82. The maximum Gasteiger partial charge on any atom is 0.115 e. The summed E-state index contributed by atoms with van der Waals surface area (Å²) in [5, 5.41) is 0. The molecule has 3 heteroatoms. The maximum absolute atomic E-state index is 11.5. The van der Waals surface area contributed by atoms with Crippen LogP contribution in [0.4, 0.5) is 10.1 Å². The molecular weight excluding hydrogens is 145 g/mol. The molecule has 0 unspecified atom stereocenters. The van der Waals surface area contributed by atoms with Gasteiger partial charge in [0, 0.05) is 0 Å². The molecule has 0 saturated carbocycles. The van der Waals surface area contributed by atoms with E-state index in [4.69, 9.17) is 0 Å². The van der Waals surface area contributed by atoms with Crippen LogP contribution >= 0.6 is 0 Å². The largest absolute Gasteiger partial charge is 0.249 e. The number of halogens is 1. The van der Waals surface area contributed by atoms with Crippen LogP contribution in [0.5, 0.6) is 0 Å². The Morgan fingerprint density at radius 3 is 2.64 bits per heavy atom. The molecule has 0 fully saturated rings. The van der Waals surface area contributed by atoms with Gasteiger partial charge < -0.3 is 0 Å². The highest BCUT2D eigenvalue weighted by molar-refractivity contribution is 5.33. The van der Waals surface area contributed by atoms with Crippen LogP contribution in [0.15, 0.2) is 30.3 Å². The van der Waals surface area contributed by atoms with Crippen molar-refractivity contribution in [3.05, 3.63) is 30.3 Å². The molecule has 0 bridgehead atoms. The summed E-state index contributed by atoms with van der Waals surface area (Å²) in [5.74, 6) is 0. The predicted molar refractivity (Wildman–Crippen MR) is 40.2 cm³/mol. The van der Waals surface area contributed by atoms with Crippen LogP contribution in [0.25, 0.3) is 0 Å². The van der Waals surface area contributed by atoms with Crippen molar-refractivity contribution in [1.29, 1.82) is 0 Å². The number of alkyl halides is 1. The van der Waals surface area contributed by atoms with Gasteiger partial charge in [-0.05, 0) is 12.1 Å². The molecule has 0 aliphatic carbocycles. The first-order valence-electron chi connectivity index (χ1n) is 3.37. The van der Waals surface area contributed by atoms with Gasteiger partial charge in [0.05, 0.1) is 5.69 Å². The standard InChI is InChI=1S/C8H9FNO/c9-6-7-11-10-8-4-2-1-3-5-8/h1-5H,6-7H2. The molecule has 0 aliphatic rings. The third-order valence-electron chi connectivity index (χ3n) is 1.09. The number of hydrogen-bond acceptors (Lipinski definition) is 1. The lowest BCUT2D eigenvalue weighted by Crippen LogP contribution is -2.02. The summed E-state index contributed by atoms with van der Waals surface area (Å²) in [5.41, 5.74) is 4.37. The van der Waals surface area contributed by atoms with Gasteiger partial charge in [-0.15, -0.1) is 5.48 Å². The molecule has 1 aromatic rings. The Bertz CT molecular complexity index is 191. The fourth-order valence-corrected chi connectivity index (χ4v) is 0.644. The van der Waals surface area contributed by atoms with Crippen LogP contribution in [-0.2, 0) is 4.84 Å². The monoisotopic (exact) mass is 154 g/mol. The third-order valence-corrected chi connectivity index (χ3v) is 1.09. The van der Waals surface area contributed by atoms with Crippen molar-refractivity contribution in [3.63, 3.8) is 0 Å². The minimum absolute atomic E-state index is 0.0227. The highest BCUT2D eigenvalue weighted by Gasteiger charge is 1.90. The highest BCUT2D eigenvalue weighted by atomic mass is 19.1. The van der Waals surface area contributed by atoms with Crippen molar-refractivity contribution < 1.29 is 9.23 Å².